The number of guanidine groups is 1. The van der Waals surface area contributed by atoms with Crippen LogP contribution in [0.25, 0.3) is 0 Å². The molecule has 0 aliphatic carbocycles. The fourth-order valence-corrected chi connectivity index (χ4v) is 3.33. The molecule has 2 N–H and O–H groups in total. The van der Waals surface area contributed by atoms with Gasteiger partial charge in [0.05, 0.1) is 21.5 Å². The van der Waals surface area contributed by atoms with Crippen LogP contribution in [-0.4, -0.2) is 50.6 Å². The molecule has 1 atom stereocenters. The van der Waals surface area contributed by atoms with Gasteiger partial charge in [-0.3, -0.25) is 0 Å². The Morgan fingerprint density at radius 3 is 2.44 bits per heavy atom. The summed E-state index contributed by atoms with van der Waals surface area (Å²) in [4.78, 5) is 4.48. The highest BCUT2D eigenvalue weighted by molar-refractivity contribution is 14.0. The SMILES string of the molecule is CCNC(=NCC(C)Oc1ccccc1Br)NCCS(=O)(=O)C(C)(C)C.I. The fraction of sp³-hybridized carbons (Fsp3) is 0.611. The van der Waals surface area contributed by atoms with Gasteiger partial charge in [0.1, 0.15) is 11.9 Å². The molecular formula is C18H31BrIN3O3S. The lowest BCUT2D eigenvalue weighted by Crippen LogP contribution is -2.42. The van der Waals surface area contributed by atoms with E-state index in [0.717, 1.165) is 10.2 Å². The number of aliphatic imine (C=N–C) groups is 1. The number of benzene rings is 1. The molecule has 0 aliphatic heterocycles. The van der Waals surface area contributed by atoms with Crippen molar-refractivity contribution >= 4 is 55.7 Å². The van der Waals surface area contributed by atoms with Crippen molar-refractivity contribution in [3.8, 4) is 5.75 Å². The number of nitrogens with one attached hydrogen (secondary N) is 2. The first kappa shape index (κ1) is 26.4. The molecule has 1 aromatic carbocycles. The summed E-state index contributed by atoms with van der Waals surface area (Å²) >= 11 is 3.46. The van der Waals surface area contributed by atoms with E-state index in [2.05, 4.69) is 31.6 Å². The Hall–Kier alpha value is -0.550. The minimum atomic E-state index is -3.16. The van der Waals surface area contributed by atoms with Crippen LogP contribution in [0.3, 0.4) is 0 Å². The van der Waals surface area contributed by atoms with E-state index in [4.69, 9.17) is 4.74 Å². The average Bonchev–Trinajstić information content (AvgIpc) is 2.53. The molecule has 0 amide bonds. The van der Waals surface area contributed by atoms with Gasteiger partial charge in [-0.1, -0.05) is 12.1 Å². The Labute approximate surface area is 189 Å². The van der Waals surface area contributed by atoms with Crippen LogP contribution in [0.15, 0.2) is 33.7 Å². The number of sulfone groups is 1. The summed E-state index contributed by atoms with van der Waals surface area (Å²) in [6.45, 7) is 10.5. The first-order chi connectivity index (χ1) is 12.1. The predicted molar refractivity (Wildman–Crippen MR) is 127 cm³/mol. The monoisotopic (exact) mass is 575 g/mol. The highest BCUT2D eigenvalue weighted by Crippen LogP contribution is 2.24. The Bertz CT molecular complexity index is 706. The maximum Gasteiger partial charge on any atom is 0.191 e. The molecule has 1 aromatic rings. The lowest BCUT2D eigenvalue weighted by atomic mass is 10.3. The number of hydrogen-bond acceptors (Lipinski definition) is 4. The quantitative estimate of drug-likeness (QED) is 0.281. The number of hydrogen-bond donors (Lipinski definition) is 2. The second-order valence-corrected chi connectivity index (χ2v) is 10.7. The highest BCUT2D eigenvalue weighted by Gasteiger charge is 2.28. The van der Waals surface area contributed by atoms with Crippen LogP contribution in [0.1, 0.15) is 34.6 Å². The minimum absolute atomic E-state index is 0. The lowest BCUT2D eigenvalue weighted by molar-refractivity contribution is 0.228. The molecule has 0 radical (unpaired) electrons. The van der Waals surface area contributed by atoms with E-state index >= 15 is 0 Å². The number of ether oxygens (including phenoxy) is 1. The standard InChI is InChI=1S/C18H30BrN3O3S.HI/c1-6-20-17(21-11-12-26(23,24)18(3,4)5)22-13-14(2)25-16-10-8-7-9-15(16)19;/h7-10,14H,6,11-13H2,1-5H3,(H2,20,21,22);1H. The van der Waals surface area contributed by atoms with Gasteiger partial charge < -0.3 is 15.4 Å². The second-order valence-electron chi connectivity index (χ2n) is 6.94. The van der Waals surface area contributed by atoms with Crippen LogP contribution < -0.4 is 15.4 Å². The molecule has 0 aliphatic rings. The third-order valence-corrected chi connectivity index (χ3v) is 6.87. The van der Waals surface area contributed by atoms with Crippen molar-refractivity contribution in [3.05, 3.63) is 28.7 Å². The van der Waals surface area contributed by atoms with E-state index in [1.807, 2.05) is 38.1 Å². The van der Waals surface area contributed by atoms with Crippen molar-refractivity contribution in [2.24, 2.45) is 4.99 Å². The van der Waals surface area contributed by atoms with Gasteiger partial charge in [0.2, 0.25) is 0 Å². The molecule has 1 unspecified atom stereocenters. The Balaban J connectivity index is 0.00000676. The maximum atomic E-state index is 12.2. The smallest absolute Gasteiger partial charge is 0.191 e. The fourth-order valence-electron chi connectivity index (χ4n) is 1.97. The normalized spacial score (nSPS) is 13.5. The summed E-state index contributed by atoms with van der Waals surface area (Å²) in [7, 11) is -3.16. The van der Waals surface area contributed by atoms with E-state index < -0.39 is 14.6 Å². The van der Waals surface area contributed by atoms with Crippen LogP contribution in [0.5, 0.6) is 5.75 Å². The first-order valence-electron chi connectivity index (χ1n) is 8.72. The van der Waals surface area contributed by atoms with E-state index in [9.17, 15) is 8.42 Å². The Morgan fingerprint density at radius 1 is 1.26 bits per heavy atom. The molecule has 0 aromatic heterocycles. The van der Waals surface area contributed by atoms with E-state index in [1.165, 1.54) is 0 Å². The molecule has 156 valence electrons. The predicted octanol–water partition coefficient (Wildman–Crippen LogP) is 3.60. The van der Waals surface area contributed by atoms with Gasteiger partial charge in [-0.15, -0.1) is 24.0 Å². The minimum Gasteiger partial charge on any atom is -0.488 e. The molecule has 0 fully saturated rings. The van der Waals surface area contributed by atoms with Gasteiger partial charge >= 0.3 is 0 Å². The average molecular weight is 576 g/mol. The topological polar surface area (TPSA) is 79.8 Å². The van der Waals surface area contributed by atoms with Gasteiger partial charge in [0, 0.05) is 13.1 Å². The summed E-state index contributed by atoms with van der Waals surface area (Å²) < 4.78 is 30.3. The van der Waals surface area contributed by atoms with Gasteiger partial charge in [-0.05, 0) is 62.7 Å². The second kappa shape index (κ2) is 12.1. The van der Waals surface area contributed by atoms with Crippen LogP contribution in [0, 0.1) is 0 Å². The maximum absolute atomic E-state index is 12.2. The molecule has 0 saturated heterocycles. The highest BCUT2D eigenvalue weighted by atomic mass is 127. The molecular weight excluding hydrogens is 545 g/mol. The van der Waals surface area contributed by atoms with E-state index in [0.29, 0.717) is 25.6 Å². The van der Waals surface area contributed by atoms with Gasteiger partial charge in [0.15, 0.2) is 15.8 Å². The van der Waals surface area contributed by atoms with Crippen molar-refractivity contribution in [2.75, 3.05) is 25.4 Å². The zero-order valence-electron chi connectivity index (χ0n) is 16.6. The van der Waals surface area contributed by atoms with Crippen molar-refractivity contribution in [2.45, 2.75) is 45.5 Å². The number of rotatable bonds is 8. The van der Waals surface area contributed by atoms with Crippen LogP contribution >= 0.6 is 39.9 Å². The zero-order chi connectivity index (χ0) is 19.8. The number of nitrogens with zero attached hydrogens (tertiary/aromatic N) is 1. The summed E-state index contributed by atoms with van der Waals surface area (Å²) in [5.74, 6) is 1.41. The van der Waals surface area contributed by atoms with E-state index in [1.54, 1.807) is 20.8 Å². The molecule has 0 heterocycles. The lowest BCUT2D eigenvalue weighted by Gasteiger charge is -2.20. The van der Waals surface area contributed by atoms with Crippen LogP contribution in [0.4, 0.5) is 0 Å². The molecule has 0 bridgehead atoms. The third-order valence-electron chi connectivity index (χ3n) is 3.61. The van der Waals surface area contributed by atoms with Crippen molar-refractivity contribution in [1.82, 2.24) is 10.6 Å². The summed E-state index contributed by atoms with van der Waals surface area (Å²) in [6, 6.07) is 7.66. The molecule has 0 spiro atoms. The summed E-state index contributed by atoms with van der Waals surface area (Å²) in [6.07, 6.45) is -0.123. The zero-order valence-corrected chi connectivity index (χ0v) is 21.3. The van der Waals surface area contributed by atoms with Crippen LogP contribution in [-0.2, 0) is 9.84 Å². The summed E-state index contributed by atoms with van der Waals surface area (Å²) in [5.41, 5.74) is 0. The van der Waals surface area contributed by atoms with Gasteiger partial charge in [-0.25, -0.2) is 13.4 Å². The van der Waals surface area contributed by atoms with Gasteiger partial charge in [-0.2, -0.15) is 0 Å². The van der Waals surface area contributed by atoms with Crippen molar-refractivity contribution < 1.29 is 13.2 Å². The molecule has 27 heavy (non-hydrogen) atoms. The summed E-state index contributed by atoms with van der Waals surface area (Å²) in [5, 5.41) is 6.19. The Morgan fingerprint density at radius 2 is 1.89 bits per heavy atom. The molecule has 9 heteroatoms. The van der Waals surface area contributed by atoms with Gasteiger partial charge in [0.25, 0.3) is 0 Å². The van der Waals surface area contributed by atoms with E-state index in [-0.39, 0.29) is 35.8 Å². The Kier molecular flexibility index (Phi) is 11.9. The number of para-hydroxylation sites is 1. The van der Waals surface area contributed by atoms with Crippen molar-refractivity contribution in [1.29, 1.82) is 0 Å². The molecule has 1 rings (SSSR count). The molecule has 6 nitrogen and oxygen atoms in total. The molecule has 0 saturated carbocycles. The third kappa shape index (κ3) is 9.47. The number of halogens is 2. The van der Waals surface area contributed by atoms with Crippen molar-refractivity contribution in [3.63, 3.8) is 0 Å². The first-order valence-corrected chi connectivity index (χ1v) is 11.2. The van der Waals surface area contributed by atoms with Crippen LogP contribution in [0.2, 0.25) is 0 Å². The largest absolute Gasteiger partial charge is 0.488 e.